The van der Waals surface area contributed by atoms with E-state index in [4.69, 9.17) is 11.6 Å². The second kappa shape index (κ2) is 5.53. The third kappa shape index (κ3) is 2.41. The summed E-state index contributed by atoms with van der Waals surface area (Å²) < 4.78 is 0. The lowest BCUT2D eigenvalue weighted by atomic mass is 10.1. The largest absolute Gasteiger partial charge is 0.355 e. The molecule has 0 bridgehead atoms. The highest BCUT2D eigenvalue weighted by Gasteiger charge is 2.15. The summed E-state index contributed by atoms with van der Waals surface area (Å²) in [5.41, 5.74) is 0. The number of rotatable bonds is 4. The molecule has 1 atom stereocenters. The molecule has 1 aromatic carbocycles. The lowest BCUT2D eigenvalue weighted by Crippen LogP contribution is -2.29. The van der Waals surface area contributed by atoms with Gasteiger partial charge >= 0.3 is 0 Å². The van der Waals surface area contributed by atoms with Crippen molar-refractivity contribution in [2.75, 3.05) is 11.9 Å². The molecule has 0 N–H and O–H groups in total. The number of nitrogens with zero attached hydrogens (tertiary/aromatic N) is 3. The van der Waals surface area contributed by atoms with Crippen molar-refractivity contribution in [2.24, 2.45) is 0 Å². The van der Waals surface area contributed by atoms with Crippen molar-refractivity contribution in [1.29, 1.82) is 0 Å². The normalized spacial score (nSPS) is 12.7. The molecule has 18 heavy (non-hydrogen) atoms. The quantitative estimate of drug-likeness (QED) is 0.838. The van der Waals surface area contributed by atoms with Gasteiger partial charge in [-0.25, -0.2) is 0 Å². The van der Waals surface area contributed by atoms with Crippen LogP contribution in [0.3, 0.4) is 0 Å². The molecule has 1 aromatic heterocycles. The minimum Gasteiger partial charge on any atom is -0.355 e. The first-order chi connectivity index (χ1) is 8.65. The average Bonchev–Trinajstić information content (AvgIpc) is 2.39. The predicted molar refractivity (Wildman–Crippen MR) is 77.3 cm³/mol. The standard InChI is InChI=1S/C14H18ClN3/c1-4-7-10(2)18(3)14-12-9-6-5-8-11(12)13(15)16-17-14/h5-6,8-10H,4,7H2,1-3H3. The Morgan fingerprint density at radius 2 is 1.89 bits per heavy atom. The predicted octanol–water partition coefficient (Wildman–Crippen LogP) is 3.91. The van der Waals surface area contributed by atoms with Gasteiger partial charge in [-0.2, -0.15) is 0 Å². The molecule has 0 saturated heterocycles. The number of anilines is 1. The van der Waals surface area contributed by atoms with E-state index < -0.39 is 0 Å². The maximum atomic E-state index is 6.08. The van der Waals surface area contributed by atoms with Crippen LogP contribution in [-0.2, 0) is 0 Å². The van der Waals surface area contributed by atoms with Crippen molar-refractivity contribution in [2.45, 2.75) is 32.7 Å². The van der Waals surface area contributed by atoms with E-state index in [1.807, 2.05) is 24.3 Å². The molecule has 2 aromatic rings. The summed E-state index contributed by atoms with van der Waals surface area (Å²) in [7, 11) is 2.06. The second-order valence-electron chi connectivity index (χ2n) is 4.61. The summed E-state index contributed by atoms with van der Waals surface area (Å²) in [6.07, 6.45) is 2.29. The number of aromatic nitrogens is 2. The Morgan fingerprint density at radius 1 is 1.22 bits per heavy atom. The molecule has 3 nitrogen and oxygen atoms in total. The molecule has 2 rings (SSSR count). The molecule has 0 amide bonds. The van der Waals surface area contributed by atoms with Crippen LogP contribution in [0.15, 0.2) is 24.3 Å². The van der Waals surface area contributed by atoms with E-state index in [0.717, 1.165) is 29.4 Å². The summed E-state index contributed by atoms with van der Waals surface area (Å²) in [4.78, 5) is 2.18. The monoisotopic (exact) mass is 263 g/mol. The fraction of sp³-hybridized carbons (Fsp3) is 0.429. The van der Waals surface area contributed by atoms with Crippen molar-refractivity contribution in [3.63, 3.8) is 0 Å². The summed E-state index contributed by atoms with van der Waals surface area (Å²) in [5.74, 6) is 0.899. The van der Waals surface area contributed by atoms with Crippen LogP contribution >= 0.6 is 11.6 Å². The molecule has 0 radical (unpaired) electrons. The van der Waals surface area contributed by atoms with E-state index in [1.165, 1.54) is 0 Å². The molecule has 0 aliphatic rings. The number of halogens is 1. The van der Waals surface area contributed by atoms with Gasteiger partial charge in [0.25, 0.3) is 0 Å². The Hall–Kier alpha value is -1.35. The van der Waals surface area contributed by atoms with Gasteiger partial charge in [0.1, 0.15) is 0 Å². The van der Waals surface area contributed by atoms with Crippen LogP contribution in [0.4, 0.5) is 5.82 Å². The highest BCUT2D eigenvalue weighted by molar-refractivity contribution is 6.34. The molecule has 1 heterocycles. The molecule has 96 valence electrons. The average molecular weight is 264 g/mol. The van der Waals surface area contributed by atoms with Gasteiger partial charge in [-0.3, -0.25) is 0 Å². The maximum absolute atomic E-state index is 6.08. The van der Waals surface area contributed by atoms with Gasteiger partial charge in [-0.15, -0.1) is 10.2 Å². The Labute approximate surface area is 113 Å². The second-order valence-corrected chi connectivity index (χ2v) is 4.97. The van der Waals surface area contributed by atoms with Crippen molar-refractivity contribution in [3.05, 3.63) is 29.4 Å². The van der Waals surface area contributed by atoms with E-state index in [0.29, 0.717) is 11.2 Å². The van der Waals surface area contributed by atoms with Crippen LogP contribution in [0.5, 0.6) is 0 Å². The van der Waals surface area contributed by atoms with Crippen LogP contribution in [0.25, 0.3) is 10.8 Å². The van der Waals surface area contributed by atoms with Crippen molar-refractivity contribution in [1.82, 2.24) is 10.2 Å². The highest BCUT2D eigenvalue weighted by atomic mass is 35.5. The minimum absolute atomic E-state index is 0.439. The molecular weight excluding hydrogens is 246 g/mol. The first kappa shape index (κ1) is 13.1. The third-order valence-corrected chi connectivity index (χ3v) is 3.60. The molecule has 0 saturated carbocycles. The summed E-state index contributed by atoms with van der Waals surface area (Å²) in [6.45, 7) is 4.39. The SMILES string of the molecule is CCCC(C)N(C)c1nnc(Cl)c2ccccc12. The van der Waals surface area contributed by atoms with Gasteiger partial charge in [-0.05, 0) is 13.3 Å². The highest BCUT2D eigenvalue weighted by Crippen LogP contribution is 2.28. The van der Waals surface area contributed by atoms with Gasteiger partial charge in [0, 0.05) is 23.9 Å². The molecule has 1 unspecified atom stereocenters. The molecule has 0 spiro atoms. The van der Waals surface area contributed by atoms with E-state index in [2.05, 4.69) is 36.0 Å². The lowest BCUT2D eigenvalue weighted by molar-refractivity contribution is 0.610. The zero-order chi connectivity index (χ0) is 13.1. The van der Waals surface area contributed by atoms with Gasteiger partial charge in [0.15, 0.2) is 11.0 Å². The van der Waals surface area contributed by atoms with E-state index in [-0.39, 0.29) is 0 Å². The Bertz CT molecular complexity index is 542. The van der Waals surface area contributed by atoms with Crippen LogP contribution < -0.4 is 4.90 Å². The number of hydrogen-bond acceptors (Lipinski definition) is 3. The number of hydrogen-bond donors (Lipinski definition) is 0. The summed E-state index contributed by atoms with van der Waals surface area (Å²) in [6, 6.07) is 8.43. The van der Waals surface area contributed by atoms with Crippen molar-refractivity contribution >= 4 is 28.2 Å². The van der Waals surface area contributed by atoms with Crippen LogP contribution in [0, 0.1) is 0 Å². The van der Waals surface area contributed by atoms with Gasteiger partial charge in [0.2, 0.25) is 0 Å². The lowest BCUT2D eigenvalue weighted by Gasteiger charge is -2.26. The van der Waals surface area contributed by atoms with Crippen LogP contribution in [0.1, 0.15) is 26.7 Å². The topological polar surface area (TPSA) is 29.0 Å². The van der Waals surface area contributed by atoms with Crippen molar-refractivity contribution < 1.29 is 0 Å². The Balaban J connectivity index is 2.48. The molecular formula is C14H18ClN3. The van der Waals surface area contributed by atoms with Gasteiger partial charge in [0.05, 0.1) is 0 Å². The first-order valence-corrected chi connectivity index (χ1v) is 6.66. The molecule has 0 fully saturated rings. The Morgan fingerprint density at radius 3 is 2.56 bits per heavy atom. The molecule has 4 heteroatoms. The minimum atomic E-state index is 0.439. The zero-order valence-corrected chi connectivity index (χ0v) is 11.8. The molecule has 0 aliphatic carbocycles. The van der Waals surface area contributed by atoms with Gasteiger partial charge < -0.3 is 4.90 Å². The fourth-order valence-corrected chi connectivity index (χ4v) is 2.34. The van der Waals surface area contributed by atoms with E-state index in [1.54, 1.807) is 0 Å². The van der Waals surface area contributed by atoms with Crippen molar-refractivity contribution in [3.8, 4) is 0 Å². The van der Waals surface area contributed by atoms with E-state index >= 15 is 0 Å². The van der Waals surface area contributed by atoms with Gasteiger partial charge in [-0.1, -0.05) is 49.2 Å². The maximum Gasteiger partial charge on any atom is 0.159 e. The fourth-order valence-electron chi connectivity index (χ4n) is 2.14. The number of fused-ring (bicyclic) bond motifs is 1. The third-order valence-electron chi connectivity index (χ3n) is 3.32. The molecule has 0 aliphatic heterocycles. The van der Waals surface area contributed by atoms with Crippen LogP contribution in [-0.4, -0.2) is 23.3 Å². The first-order valence-electron chi connectivity index (χ1n) is 6.29. The van der Waals surface area contributed by atoms with Crippen LogP contribution in [0.2, 0.25) is 5.15 Å². The number of benzene rings is 1. The van der Waals surface area contributed by atoms with E-state index in [9.17, 15) is 0 Å². The summed E-state index contributed by atoms with van der Waals surface area (Å²) in [5, 5.41) is 10.8. The zero-order valence-electron chi connectivity index (χ0n) is 11.0. The smallest absolute Gasteiger partial charge is 0.159 e. The summed E-state index contributed by atoms with van der Waals surface area (Å²) >= 11 is 6.08. The Kier molecular flexibility index (Phi) is 4.02.